The van der Waals surface area contributed by atoms with E-state index in [2.05, 4.69) is 67.6 Å². The van der Waals surface area contributed by atoms with Crippen LogP contribution in [0.15, 0.2) is 11.5 Å². The van der Waals surface area contributed by atoms with Gasteiger partial charge in [0.05, 0.1) is 23.9 Å². The first-order valence-electron chi connectivity index (χ1n) is 11.9. The van der Waals surface area contributed by atoms with E-state index in [4.69, 9.17) is 18.5 Å². The molecule has 1 fully saturated rings. The van der Waals surface area contributed by atoms with Crippen molar-refractivity contribution >= 4 is 21.5 Å². The van der Waals surface area contributed by atoms with Gasteiger partial charge in [0, 0.05) is 6.54 Å². The minimum absolute atomic E-state index is 0.0600. The lowest BCUT2D eigenvalue weighted by atomic mass is 9.75. The van der Waals surface area contributed by atoms with Crippen LogP contribution in [0.25, 0.3) is 0 Å². The molecule has 0 aliphatic carbocycles. The van der Waals surface area contributed by atoms with Crippen LogP contribution in [0.4, 0.5) is 4.79 Å². The molecule has 1 unspecified atom stereocenters. The van der Waals surface area contributed by atoms with Crippen LogP contribution in [-0.4, -0.2) is 62.4 Å². The molecule has 0 radical (unpaired) electrons. The van der Waals surface area contributed by atoms with E-state index < -0.39 is 13.9 Å². The average molecular weight is 468 g/mol. The first kappa shape index (κ1) is 27.4. The number of carbonyl (C=O) groups excluding carboxylic acids is 1. The Morgan fingerprint density at radius 1 is 1.12 bits per heavy atom. The summed E-state index contributed by atoms with van der Waals surface area (Å²) in [5.41, 5.74) is -0.236. The van der Waals surface area contributed by atoms with E-state index in [0.717, 1.165) is 18.3 Å². The normalized spacial score (nSPS) is 24.2. The number of carbonyl (C=O) groups is 1. The van der Waals surface area contributed by atoms with Crippen LogP contribution in [0.5, 0.6) is 0 Å². The van der Waals surface area contributed by atoms with Gasteiger partial charge in [-0.05, 0) is 84.9 Å². The van der Waals surface area contributed by atoms with Crippen molar-refractivity contribution in [3.05, 3.63) is 11.5 Å². The smallest absolute Gasteiger partial charge is 0.444 e. The Hall–Kier alpha value is -0.828. The number of rotatable bonds is 4. The summed E-state index contributed by atoms with van der Waals surface area (Å²) in [6.45, 7) is 26.1. The van der Waals surface area contributed by atoms with Gasteiger partial charge in [-0.25, -0.2) is 4.79 Å². The minimum atomic E-state index is -1.94. The first-order valence-corrected chi connectivity index (χ1v) is 14.8. The summed E-state index contributed by atoms with van der Waals surface area (Å²) in [4.78, 5) is 14.9. The van der Waals surface area contributed by atoms with Crippen molar-refractivity contribution < 1.29 is 23.3 Å². The fraction of sp³-hybridized carbons (Fsp3) is 0.875. The standard InChI is InChI=1S/C24H46BNO5Si/c1-21(2,3)29-20(27)26-16-15-18(25-30-23(7,8)24(9,10)31-25)13-14-19(26)17-28-32(11,12)22(4,5)6/h15,19H,13-14,16-17H2,1-12H3. The summed E-state index contributed by atoms with van der Waals surface area (Å²) in [7, 11) is -2.33. The molecule has 1 amide bonds. The lowest BCUT2D eigenvalue weighted by Crippen LogP contribution is -2.49. The van der Waals surface area contributed by atoms with Gasteiger partial charge in [0.2, 0.25) is 0 Å². The molecule has 32 heavy (non-hydrogen) atoms. The van der Waals surface area contributed by atoms with E-state index in [1.54, 1.807) is 0 Å². The van der Waals surface area contributed by atoms with Gasteiger partial charge >= 0.3 is 13.2 Å². The van der Waals surface area contributed by atoms with Crippen molar-refractivity contribution in [3.63, 3.8) is 0 Å². The monoisotopic (exact) mass is 467 g/mol. The maximum absolute atomic E-state index is 13.1. The van der Waals surface area contributed by atoms with Crippen molar-refractivity contribution in [3.8, 4) is 0 Å². The van der Waals surface area contributed by atoms with E-state index in [1.165, 1.54) is 0 Å². The molecular weight excluding hydrogens is 421 g/mol. The third kappa shape index (κ3) is 6.39. The highest BCUT2D eigenvalue weighted by molar-refractivity contribution is 6.74. The molecule has 0 aromatic heterocycles. The molecule has 184 valence electrons. The van der Waals surface area contributed by atoms with Gasteiger partial charge in [0.15, 0.2) is 8.32 Å². The zero-order chi connectivity index (χ0) is 24.8. The highest BCUT2D eigenvalue weighted by atomic mass is 28.4. The molecule has 2 aliphatic heterocycles. The van der Waals surface area contributed by atoms with Crippen LogP contribution in [0, 0.1) is 0 Å². The molecule has 2 aliphatic rings. The molecule has 0 aromatic carbocycles. The van der Waals surface area contributed by atoms with Crippen molar-refractivity contribution in [2.45, 2.75) is 123 Å². The van der Waals surface area contributed by atoms with Gasteiger partial charge in [-0.1, -0.05) is 26.8 Å². The van der Waals surface area contributed by atoms with Gasteiger partial charge in [-0.3, -0.25) is 4.90 Å². The molecule has 2 heterocycles. The third-order valence-electron chi connectivity index (χ3n) is 7.38. The highest BCUT2D eigenvalue weighted by Gasteiger charge is 2.52. The average Bonchev–Trinajstić information content (AvgIpc) is 2.72. The SMILES string of the molecule is CC(C)(C)OC(=O)N1CC=C(B2OC(C)(C)C(C)(C)O2)CCC1CO[Si](C)(C)C(C)(C)C. The Kier molecular flexibility index (Phi) is 7.78. The first-order chi connectivity index (χ1) is 14.3. The molecular formula is C24H46BNO5Si. The molecule has 2 rings (SSSR count). The predicted molar refractivity (Wildman–Crippen MR) is 133 cm³/mol. The maximum Gasteiger partial charge on any atom is 0.490 e. The fourth-order valence-electron chi connectivity index (χ4n) is 3.40. The van der Waals surface area contributed by atoms with Crippen LogP contribution >= 0.6 is 0 Å². The van der Waals surface area contributed by atoms with Crippen molar-refractivity contribution in [1.29, 1.82) is 0 Å². The second-order valence-corrected chi connectivity index (χ2v) is 17.6. The summed E-state index contributed by atoms with van der Waals surface area (Å²) in [6, 6.07) is -0.0600. The van der Waals surface area contributed by atoms with E-state index >= 15 is 0 Å². The molecule has 6 nitrogen and oxygen atoms in total. The quantitative estimate of drug-likeness (QED) is 0.477. The Morgan fingerprint density at radius 3 is 2.12 bits per heavy atom. The molecule has 8 heteroatoms. The number of hydrogen-bond donors (Lipinski definition) is 0. The van der Waals surface area contributed by atoms with Crippen LogP contribution in [0.1, 0.15) is 82.1 Å². The van der Waals surface area contributed by atoms with Gasteiger partial charge in [-0.15, -0.1) is 0 Å². The summed E-state index contributed by atoms with van der Waals surface area (Å²) in [5, 5.41) is 0.112. The molecule has 0 aromatic rings. The molecule has 0 bridgehead atoms. The van der Waals surface area contributed by atoms with Gasteiger partial charge in [0.1, 0.15) is 5.60 Å². The van der Waals surface area contributed by atoms with Gasteiger partial charge in [-0.2, -0.15) is 0 Å². The van der Waals surface area contributed by atoms with E-state index in [0.29, 0.717) is 13.2 Å². The van der Waals surface area contributed by atoms with Crippen LogP contribution in [-0.2, 0) is 18.5 Å². The van der Waals surface area contributed by atoms with Crippen molar-refractivity contribution in [1.82, 2.24) is 4.90 Å². The highest BCUT2D eigenvalue weighted by Crippen LogP contribution is 2.40. The number of allylic oxidation sites excluding steroid dienone is 1. The van der Waals surface area contributed by atoms with Gasteiger partial charge < -0.3 is 18.5 Å². The largest absolute Gasteiger partial charge is 0.490 e. The summed E-state index contributed by atoms with van der Waals surface area (Å²) >= 11 is 0. The van der Waals surface area contributed by atoms with E-state index in [9.17, 15) is 4.79 Å². The second kappa shape index (κ2) is 9.08. The number of amides is 1. The summed E-state index contributed by atoms with van der Waals surface area (Å²) < 4.78 is 24.8. The topological polar surface area (TPSA) is 57.2 Å². The van der Waals surface area contributed by atoms with Crippen molar-refractivity contribution in [2.24, 2.45) is 0 Å². The summed E-state index contributed by atoms with van der Waals surface area (Å²) in [6.07, 6.45) is 3.36. The van der Waals surface area contributed by atoms with E-state index in [1.807, 2.05) is 25.7 Å². The minimum Gasteiger partial charge on any atom is -0.444 e. The predicted octanol–water partition coefficient (Wildman–Crippen LogP) is 5.97. The molecule has 0 spiro atoms. The Balaban J connectivity index is 2.22. The zero-order valence-electron chi connectivity index (χ0n) is 22.5. The Labute approximate surface area is 197 Å². The van der Waals surface area contributed by atoms with Crippen LogP contribution < -0.4 is 0 Å². The number of ether oxygens (including phenoxy) is 1. The van der Waals surface area contributed by atoms with Gasteiger partial charge in [0.25, 0.3) is 0 Å². The van der Waals surface area contributed by atoms with Crippen LogP contribution in [0.2, 0.25) is 18.1 Å². The lowest BCUT2D eigenvalue weighted by molar-refractivity contribution is 0.00578. The lowest BCUT2D eigenvalue weighted by Gasteiger charge is -2.39. The molecule has 1 saturated heterocycles. The van der Waals surface area contributed by atoms with Crippen LogP contribution in [0.3, 0.4) is 0 Å². The molecule has 0 saturated carbocycles. The Morgan fingerprint density at radius 2 is 1.66 bits per heavy atom. The Bertz CT molecular complexity index is 705. The van der Waals surface area contributed by atoms with E-state index in [-0.39, 0.29) is 35.5 Å². The number of nitrogens with zero attached hydrogens (tertiary/aromatic N) is 1. The molecule has 1 atom stereocenters. The molecule has 0 N–H and O–H groups in total. The zero-order valence-corrected chi connectivity index (χ0v) is 23.5. The summed E-state index contributed by atoms with van der Waals surface area (Å²) in [5.74, 6) is 0. The number of hydrogen-bond acceptors (Lipinski definition) is 5. The second-order valence-electron chi connectivity index (χ2n) is 12.8. The maximum atomic E-state index is 13.1. The third-order valence-corrected chi connectivity index (χ3v) is 11.9. The fourth-order valence-corrected chi connectivity index (χ4v) is 4.44. The van der Waals surface area contributed by atoms with Crippen molar-refractivity contribution in [2.75, 3.05) is 13.2 Å².